The van der Waals surface area contributed by atoms with Gasteiger partial charge in [-0.3, -0.25) is 4.79 Å². The molecule has 142 valence electrons. The third kappa shape index (κ3) is 5.77. The first kappa shape index (κ1) is 21.5. The lowest BCUT2D eigenvalue weighted by Gasteiger charge is -2.12. The molecule has 0 atom stereocenters. The van der Waals surface area contributed by atoms with Gasteiger partial charge in [-0.05, 0) is 48.7 Å². The highest BCUT2D eigenvalue weighted by molar-refractivity contribution is 5.96. The fourth-order valence-electron chi connectivity index (χ4n) is 2.36. The van der Waals surface area contributed by atoms with Gasteiger partial charge in [0.05, 0.1) is 7.11 Å². The first-order valence-electron chi connectivity index (χ1n) is 7.66. The number of hydrogen-bond acceptors (Lipinski definition) is 4. The van der Waals surface area contributed by atoms with Crippen LogP contribution >= 0.6 is 12.4 Å². The van der Waals surface area contributed by atoms with Crippen LogP contribution in [0.15, 0.2) is 36.4 Å². The highest BCUT2D eigenvalue weighted by Crippen LogP contribution is 2.29. The molecular formula is C18H21ClF2N2O3. The van der Waals surface area contributed by atoms with Crippen LogP contribution in [-0.2, 0) is 6.42 Å². The van der Waals surface area contributed by atoms with Crippen molar-refractivity contribution in [1.82, 2.24) is 5.32 Å². The van der Waals surface area contributed by atoms with Gasteiger partial charge in [0.25, 0.3) is 5.91 Å². The molecule has 2 aromatic rings. The minimum Gasteiger partial charge on any atom is -0.493 e. The molecule has 0 aliphatic rings. The second-order valence-corrected chi connectivity index (χ2v) is 5.44. The lowest BCUT2D eigenvalue weighted by Crippen LogP contribution is -2.26. The summed E-state index contributed by atoms with van der Waals surface area (Å²) in [5.41, 5.74) is 8.29. The van der Waals surface area contributed by atoms with Gasteiger partial charge in [-0.25, -0.2) is 0 Å². The van der Waals surface area contributed by atoms with Crippen molar-refractivity contribution in [2.45, 2.75) is 20.0 Å². The van der Waals surface area contributed by atoms with E-state index < -0.39 is 6.61 Å². The van der Waals surface area contributed by atoms with Crippen LogP contribution < -0.4 is 20.5 Å². The van der Waals surface area contributed by atoms with Crippen molar-refractivity contribution >= 4 is 24.0 Å². The second kappa shape index (κ2) is 9.82. The average molecular weight is 387 g/mol. The van der Waals surface area contributed by atoms with Crippen LogP contribution in [0.3, 0.4) is 0 Å². The molecule has 3 N–H and O–H groups in total. The fraction of sp³-hybridized carbons (Fsp3) is 0.278. The zero-order valence-corrected chi connectivity index (χ0v) is 15.2. The Morgan fingerprint density at radius 3 is 2.58 bits per heavy atom. The maximum absolute atomic E-state index is 12.4. The maximum Gasteiger partial charge on any atom is 0.387 e. The molecule has 0 radical (unpaired) electrons. The predicted octanol–water partition coefficient (Wildman–Crippen LogP) is 3.58. The molecule has 0 saturated carbocycles. The Kier molecular flexibility index (Phi) is 8.12. The molecule has 0 saturated heterocycles. The molecule has 2 rings (SSSR count). The number of ether oxygens (including phenoxy) is 2. The summed E-state index contributed by atoms with van der Waals surface area (Å²) in [6.45, 7) is -0.769. The van der Waals surface area contributed by atoms with Crippen LogP contribution in [0.4, 0.5) is 14.5 Å². The van der Waals surface area contributed by atoms with Gasteiger partial charge in [-0.1, -0.05) is 12.1 Å². The molecule has 0 aliphatic carbocycles. The summed E-state index contributed by atoms with van der Waals surface area (Å²) >= 11 is 0. The summed E-state index contributed by atoms with van der Waals surface area (Å²) in [6.07, 6.45) is 0.455. The lowest BCUT2D eigenvalue weighted by atomic mass is 10.1. The smallest absolute Gasteiger partial charge is 0.387 e. The SMILES string of the molecule is COc1ccc(CCNC(=O)c2cc(N)ccc2C)cc1OC(F)F.Cl. The summed E-state index contributed by atoms with van der Waals surface area (Å²) in [5, 5.41) is 2.79. The Labute approximate surface area is 156 Å². The van der Waals surface area contributed by atoms with Crippen LogP contribution in [0.25, 0.3) is 0 Å². The van der Waals surface area contributed by atoms with Crippen molar-refractivity contribution < 1.29 is 23.0 Å². The second-order valence-electron chi connectivity index (χ2n) is 5.44. The summed E-state index contributed by atoms with van der Waals surface area (Å²) in [4.78, 5) is 12.2. The van der Waals surface area contributed by atoms with Gasteiger partial charge < -0.3 is 20.5 Å². The van der Waals surface area contributed by atoms with E-state index in [4.69, 9.17) is 10.5 Å². The van der Waals surface area contributed by atoms with E-state index in [1.807, 2.05) is 6.92 Å². The maximum atomic E-state index is 12.4. The van der Waals surface area contributed by atoms with Crippen LogP contribution in [-0.4, -0.2) is 26.2 Å². The van der Waals surface area contributed by atoms with Gasteiger partial charge in [-0.2, -0.15) is 8.78 Å². The summed E-state index contributed by atoms with van der Waals surface area (Å²) < 4.78 is 34.3. The minimum atomic E-state index is -2.93. The minimum absolute atomic E-state index is 0. The number of anilines is 1. The Morgan fingerprint density at radius 1 is 1.19 bits per heavy atom. The van der Waals surface area contributed by atoms with Crippen LogP contribution in [0, 0.1) is 6.92 Å². The normalized spacial score (nSPS) is 10.2. The molecule has 0 unspecified atom stereocenters. The number of aryl methyl sites for hydroxylation is 1. The first-order valence-corrected chi connectivity index (χ1v) is 7.66. The average Bonchev–Trinajstić information content (AvgIpc) is 2.56. The highest BCUT2D eigenvalue weighted by Gasteiger charge is 2.12. The van der Waals surface area contributed by atoms with Gasteiger partial charge >= 0.3 is 6.61 Å². The van der Waals surface area contributed by atoms with Crippen molar-refractivity contribution in [2.24, 2.45) is 0 Å². The Balaban J connectivity index is 0.00000338. The summed E-state index contributed by atoms with van der Waals surface area (Å²) in [6, 6.07) is 9.89. The monoisotopic (exact) mass is 386 g/mol. The molecular weight excluding hydrogens is 366 g/mol. The number of halogens is 3. The number of alkyl halides is 2. The fourth-order valence-corrected chi connectivity index (χ4v) is 2.36. The standard InChI is InChI=1S/C18H20F2N2O3.ClH/c1-11-3-5-13(21)10-14(11)17(23)22-8-7-12-4-6-15(24-2)16(9-12)25-18(19)20;/h3-6,9-10,18H,7-8,21H2,1-2H3,(H,22,23);1H. The number of benzene rings is 2. The third-order valence-electron chi connectivity index (χ3n) is 3.65. The third-order valence-corrected chi connectivity index (χ3v) is 3.65. The lowest BCUT2D eigenvalue weighted by molar-refractivity contribution is -0.0512. The van der Waals surface area contributed by atoms with Crippen molar-refractivity contribution in [3.8, 4) is 11.5 Å². The number of carbonyl (C=O) groups excluding carboxylic acids is 1. The predicted molar refractivity (Wildman–Crippen MR) is 98.5 cm³/mol. The topological polar surface area (TPSA) is 73.6 Å². The molecule has 2 aromatic carbocycles. The summed E-state index contributed by atoms with van der Waals surface area (Å²) in [7, 11) is 1.38. The molecule has 0 spiro atoms. The Bertz CT molecular complexity index is 757. The molecule has 26 heavy (non-hydrogen) atoms. The molecule has 0 aliphatic heterocycles. The number of nitrogen functional groups attached to an aromatic ring is 1. The van der Waals surface area contributed by atoms with Crippen LogP contribution in [0.2, 0.25) is 0 Å². The summed E-state index contributed by atoms with van der Waals surface area (Å²) in [5.74, 6) is -0.0427. The first-order chi connectivity index (χ1) is 11.9. The highest BCUT2D eigenvalue weighted by atomic mass is 35.5. The van der Waals surface area contributed by atoms with E-state index in [1.165, 1.54) is 13.2 Å². The van der Waals surface area contributed by atoms with Gasteiger partial charge in [0.2, 0.25) is 0 Å². The van der Waals surface area contributed by atoms with Crippen molar-refractivity contribution in [3.63, 3.8) is 0 Å². The van der Waals surface area contributed by atoms with E-state index in [1.54, 1.807) is 30.3 Å². The van der Waals surface area contributed by atoms with Crippen LogP contribution in [0.1, 0.15) is 21.5 Å². The number of nitrogens with one attached hydrogen (secondary N) is 1. The van der Waals surface area contributed by atoms with E-state index in [-0.39, 0.29) is 29.8 Å². The molecule has 0 aromatic heterocycles. The molecule has 0 heterocycles. The van der Waals surface area contributed by atoms with E-state index in [9.17, 15) is 13.6 Å². The van der Waals surface area contributed by atoms with E-state index in [0.717, 1.165) is 11.1 Å². The van der Waals surface area contributed by atoms with Gasteiger partial charge in [0, 0.05) is 17.8 Å². The number of rotatable bonds is 7. The quantitative estimate of drug-likeness (QED) is 0.713. The molecule has 8 heteroatoms. The van der Waals surface area contributed by atoms with Crippen molar-refractivity contribution in [2.75, 3.05) is 19.4 Å². The molecule has 5 nitrogen and oxygen atoms in total. The zero-order chi connectivity index (χ0) is 18.4. The Morgan fingerprint density at radius 2 is 1.92 bits per heavy atom. The molecule has 0 bridgehead atoms. The number of nitrogens with two attached hydrogens (primary N) is 1. The van der Waals surface area contributed by atoms with E-state index >= 15 is 0 Å². The van der Waals surface area contributed by atoms with Crippen molar-refractivity contribution in [3.05, 3.63) is 53.1 Å². The van der Waals surface area contributed by atoms with Crippen LogP contribution in [0.5, 0.6) is 11.5 Å². The van der Waals surface area contributed by atoms with E-state index in [2.05, 4.69) is 10.1 Å². The van der Waals surface area contributed by atoms with Gasteiger partial charge in [-0.15, -0.1) is 12.4 Å². The number of methoxy groups -OCH3 is 1. The number of hydrogen-bond donors (Lipinski definition) is 2. The zero-order valence-electron chi connectivity index (χ0n) is 14.4. The molecule has 0 fully saturated rings. The van der Waals surface area contributed by atoms with E-state index in [0.29, 0.717) is 24.2 Å². The number of carbonyl (C=O) groups is 1. The molecule has 1 amide bonds. The van der Waals surface area contributed by atoms with Crippen molar-refractivity contribution in [1.29, 1.82) is 0 Å². The number of amides is 1. The van der Waals surface area contributed by atoms with Gasteiger partial charge in [0.1, 0.15) is 0 Å². The van der Waals surface area contributed by atoms with Gasteiger partial charge in [0.15, 0.2) is 11.5 Å². The largest absolute Gasteiger partial charge is 0.493 e. The Hall–Kier alpha value is -2.54.